The molecule has 0 saturated heterocycles. The average Bonchev–Trinajstić information content (AvgIpc) is 2.07. The number of rotatable bonds is 6. The third-order valence-corrected chi connectivity index (χ3v) is 1.59. The number of amides is 1. The first kappa shape index (κ1) is 13.7. The molecule has 88 valence electrons. The number of carbonyl (C=O) groups excluding carboxylic acids is 1. The fourth-order valence-corrected chi connectivity index (χ4v) is 0.865. The molecule has 0 aliphatic rings. The highest BCUT2D eigenvalue weighted by Crippen LogP contribution is 1.88. The quantitative estimate of drug-likeness (QED) is 0.419. The molecule has 0 saturated carbocycles. The number of ether oxygens (including phenoxy) is 1. The summed E-state index contributed by atoms with van der Waals surface area (Å²) >= 11 is 0. The van der Waals surface area contributed by atoms with E-state index in [2.05, 4.69) is 10.1 Å². The zero-order chi connectivity index (χ0) is 11.9. The van der Waals surface area contributed by atoms with Crippen LogP contribution in [0.3, 0.4) is 0 Å². The van der Waals surface area contributed by atoms with Gasteiger partial charge in [0.25, 0.3) is 0 Å². The summed E-state index contributed by atoms with van der Waals surface area (Å²) in [5.74, 6) is -2.12. The van der Waals surface area contributed by atoms with Crippen LogP contribution in [0.15, 0.2) is 0 Å². The minimum atomic E-state index is -4.34. The summed E-state index contributed by atoms with van der Waals surface area (Å²) in [4.78, 5) is 20.7. The minimum absolute atomic E-state index is 0.0522. The molecule has 0 aliphatic heterocycles. The van der Waals surface area contributed by atoms with E-state index in [1.54, 1.807) is 0 Å². The van der Waals surface area contributed by atoms with E-state index in [1.807, 2.05) is 0 Å². The predicted molar refractivity (Wildman–Crippen MR) is 47.8 cm³/mol. The molecule has 0 rings (SSSR count). The van der Waals surface area contributed by atoms with Crippen LogP contribution in [0.25, 0.3) is 0 Å². The van der Waals surface area contributed by atoms with Crippen LogP contribution in [0.4, 0.5) is 4.79 Å². The van der Waals surface area contributed by atoms with Crippen LogP contribution in [-0.2, 0) is 19.6 Å². The highest BCUT2D eigenvalue weighted by Gasteiger charge is 2.09. The van der Waals surface area contributed by atoms with E-state index in [0.29, 0.717) is 0 Å². The Morgan fingerprint density at radius 1 is 1.33 bits per heavy atom. The van der Waals surface area contributed by atoms with Crippen LogP contribution in [0, 0.1) is 0 Å². The van der Waals surface area contributed by atoms with Crippen LogP contribution >= 0.6 is 0 Å². The molecule has 3 N–H and O–H groups in total. The van der Waals surface area contributed by atoms with Crippen molar-refractivity contribution in [2.75, 3.05) is 12.5 Å². The van der Waals surface area contributed by atoms with E-state index >= 15 is 0 Å². The third kappa shape index (κ3) is 10.6. The molecule has 1 amide bonds. The number of hydrogen-bond acceptors (Lipinski definition) is 5. The van der Waals surface area contributed by atoms with Gasteiger partial charge in [-0.25, -0.2) is 4.79 Å². The summed E-state index contributed by atoms with van der Waals surface area (Å²) in [6, 6.07) is 0. The Kier molecular flexibility index (Phi) is 5.64. The average molecular weight is 241 g/mol. The molecule has 0 aliphatic carbocycles. The van der Waals surface area contributed by atoms with Crippen molar-refractivity contribution in [3.8, 4) is 0 Å². The summed E-state index contributed by atoms with van der Waals surface area (Å²) in [5.41, 5.74) is 0. The van der Waals surface area contributed by atoms with E-state index in [0.717, 1.165) is 0 Å². The monoisotopic (exact) mass is 241 g/mol. The lowest BCUT2D eigenvalue weighted by molar-refractivity contribution is -0.137. The van der Waals surface area contributed by atoms with Crippen LogP contribution in [0.2, 0.25) is 0 Å². The van der Waals surface area contributed by atoms with Gasteiger partial charge in [-0.3, -0.25) is 9.35 Å². The maximum Gasteiger partial charge on any atom is 0.408 e. The topological polar surface area (TPSA) is 130 Å². The second-order valence-corrected chi connectivity index (χ2v) is 3.96. The Balaban J connectivity index is 3.55. The molecule has 0 heterocycles. The van der Waals surface area contributed by atoms with Crippen molar-refractivity contribution in [2.24, 2.45) is 0 Å². The maximum atomic E-state index is 10.7. The second-order valence-electron chi connectivity index (χ2n) is 2.56. The first-order valence-corrected chi connectivity index (χ1v) is 5.50. The molecular weight excluding hydrogens is 230 g/mol. The highest BCUT2D eigenvalue weighted by molar-refractivity contribution is 7.85. The van der Waals surface area contributed by atoms with Crippen LogP contribution < -0.4 is 5.32 Å². The maximum absolute atomic E-state index is 10.7. The minimum Gasteiger partial charge on any atom is -0.481 e. The van der Waals surface area contributed by atoms with E-state index in [9.17, 15) is 18.0 Å². The van der Waals surface area contributed by atoms with Gasteiger partial charge < -0.3 is 15.2 Å². The zero-order valence-corrected chi connectivity index (χ0v) is 8.49. The number of hydrogen-bond donors (Lipinski definition) is 3. The van der Waals surface area contributed by atoms with E-state index < -0.39 is 28.1 Å². The summed E-state index contributed by atoms with van der Waals surface area (Å²) < 4.78 is 32.5. The normalized spacial score (nSPS) is 10.7. The fourth-order valence-electron chi connectivity index (χ4n) is 0.609. The number of aliphatic carboxylic acids is 1. The number of nitrogens with one attached hydrogen (secondary N) is 1. The van der Waals surface area contributed by atoms with Gasteiger partial charge in [0.1, 0.15) is 0 Å². The molecule has 0 bridgehead atoms. The van der Waals surface area contributed by atoms with E-state index in [4.69, 9.17) is 9.66 Å². The second kappa shape index (κ2) is 6.19. The Labute approximate surface area is 86.0 Å². The van der Waals surface area contributed by atoms with Gasteiger partial charge in [-0.1, -0.05) is 0 Å². The Morgan fingerprint density at radius 3 is 2.40 bits per heavy atom. The van der Waals surface area contributed by atoms with Crippen molar-refractivity contribution < 1.29 is 32.4 Å². The lowest BCUT2D eigenvalue weighted by Gasteiger charge is -2.04. The lowest BCUT2D eigenvalue weighted by atomic mass is 10.3. The van der Waals surface area contributed by atoms with Crippen molar-refractivity contribution in [3.05, 3.63) is 0 Å². The van der Waals surface area contributed by atoms with Gasteiger partial charge in [-0.05, 0) is 6.42 Å². The molecular formula is C6H11NO7S. The van der Waals surface area contributed by atoms with E-state index in [-0.39, 0.29) is 19.4 Å². The van der Waals surface area contributed by atoms with Gasteiger partial charge in [0.15, 0.2) is 0 Å². The molecule has 8 nitrogen and oxygen atoms in total. The molecule has 0 fully saturated rings. The van der Waals surface area contributed by atoms with Crippen molar-refractivity contribution >= 4 is 22.2 Å². The summed E-state index contributed by atoms with van der Waals surface area (Å²) in [6.07, 6.45) is -0.937. The standard InChI is InChI=1S/C6H11NO7S/c8-5(9)2-1-3-7-6(10)14-4-15(11,12)13/h1-4H2,(H,7,10)(H,8,9)(H,11,12,13). The largest absolute Gasteiger partial charge is 0.481 e. The molecule has 0 unspecified atom stereocenters. The lowest BCUT2D eigenvalue weighted by Crippen LogP contribution is -2.27. The predicted octanol–water partition coefficient (Wildman–Crippen LogP) is -0.577. The van der Waals surface area contributed by atoms with Gasteiger partial charge in [0.05, 0.1) is 0 Å². The van der Waals surface area contributed by atoms with Gasteiger partial charge in [0.2, 0.25) is 5.94 Å². The van der Waals surface area contributed by atoms with Gasteiger partial charge in [0, 0.05) is 13.0 Å². The first-order valence-electron chi connectivity index (χ1n) is 3.89. The molecule has 0 spiro atoms. The number of carboxylic acids is 1. The van der Waals surface area contributed by atoms with Gasteiger partial charge in [-0.15, -0.1) is 0 Å². The number of carboxylic acid groups (broad SMARTS) is 1. The van der Waals surface area contributed by atoms with Crippen molar-refractivity contribution in [2.45, 2.75) is 12.8 Å². The van der Waals surface area contributed by atoms with Crippen LogP contribution in [0.5, 0.6) is 0 Å². The summed E-state index contributed by atoms with van der Waals surface area (Å²) in [6.45, 7) is 0.0522. The Morgan fingerprint density at radius 2 is 1.93 bits per heavy atom. The van der Waals surface area contributed by atoms with Gasteiger partial charge >= 0.3 is 22.2 Å². The molecule has 9 heteroatoms. The SMILES string of the molecule is O=C(O)CCCNC(=O)OCS(=O)(=O)O. The molecule has 0 aromatic carbocycles. The Bertz CT molecular complexity index is 322. The van der Waals surface area contributed by atoms with Crippen LogP contribution in [-0.4, -0.2) is 42.6 Å². The highest BCUT2D eigenvalue weighted by atomic mass is 32.2. The molecule has 0 radical (unpaired) electrons. The van der Waals surface area contributed by atoms with Gasteiger partial charge in [-0.2, -0.15) is 8.42 Å². The number of alkyl carbamates (subject to hydrolysis) is 1. The third-order valence-electron chi connectivity index (χ3n) is 1.18. The van der Waals surface area contributed by atoms with Crippen molar-refractivity contribution in [3.63, 3.8) is 0 Å². The van der Waals surface area contributed by atoms with E-state index in [1.165, 1.54) is 0 Å². The fraction of sp³-hybridized carbons (Fsp3) is 0.667. The smallest absolute Gasteiger partial charge is 0.408 e. The molecule has 0 aromatic heterocycles. The van der Waals surface area contributed by atoms with Crippen LogP contribution in [0.1, 0.15) is 12.8 Å². The molecule has 15 heavy (non-hydrogen) atoms. The summed E-state index contributed by atoms with van der Waals surface area (Å²) in [5, 5.41) is 10.3. The summed E-state index contributed by atoms with van der Waals surface area (Å²) in [7, 11) is -4.34. The van der Waals surface area contributed by atoms with Crippen molar-refractivity contribution in [1.29, 1.82) is 0 Å². The van der Waals surface area contributed by atoms with Crippen molar-refractivity contribution in [1.82, 2.24) is 5.32 Å². The first-order chi connectivity index (χ1) is 6.81. The number of carbonyl (C=O) groups is 2. The molecule has 0 atom stereocenters. The Hall–Kier alpha value is -1.35. The zero-order valence-electron chi connectivity index (χ0n) is 7.67. The molecule has 0 aromatic rings.